The summed E-state index contributed by atoms with van der Waals surface area (Å²) >= 11 is 0. The number of piperidine rings is 1. The number of carbonyl (C=O) groups is 1. The number of aryl methyl sites for hydroxylation is 2. The number of hydrogen-bond acceptors (Lipinski definition) is 3. The average Bonchev–Trinajstić information content (AvgIpc) is 2.80. The maximum atomic E-state index is 13.2. The Morgan fingerprint density at radius 3 is 2.37 bits per heavy atom. The molecule has 1 aromatic heterocycles. The minimum absolute atomic E-state index is 0.104. The van der Waals surface area contributed by atoms with E-state index in [1.165, 1.54) is 16.7 Å². The molecule has 0 radical (unpaired) electrons. The summed E-state index contributed by atoms with van der Waals surface area (Å²) in [6.45, 7) is 3.50. The van der Waals surface area contributed by atoms with Crippen LogP contribution < -0.4 is 5.56 Å². The summed E-state index contributed by atoms with van der Waals surface area (Å²) in [5.41, 5.74) is 1.94. The summed E-state index contributed by atoms with van der Waals surface area (Å²) in [5.74, 6) is 0.399. The number of benzene rings is 2. The van der Waals surface area contributed by atoms with E-state index in [-0.39, 0.29) is 17.4 Å². The van der Waals surface area contributed by atoms with Crippen molar-refractivity contribution in [2.75, 3.05) is 13.1 Å². The van der Waals surface area contributed by atoms with Gasteiger partial charge in [0.25, 0.3) is 5.56 Å². The van der Waals surface area contributed by atoms with Crippen molar-refractivity contribution in [3.63, 3.8) is 0 Å². The van der Waals surface area contributed by atoms with Crippen LogP contribution in [0.1, 0.15) is 43.4 Å². The van der Waals surface area contributed by atoms with Gasteiger partial charge in [0.1, 0.15) is 0 Å². The SMILES string of the molecule is CC(C(=O)N1CCC(CCc2ccccc2)CC1)c1nn(C)c(=O)c2ccccc12. The van der Waals surface area contributed by atoms with Crippen molar-refractivity contribution >= 4 is 16.7 Å². The molecule has 1 aliphatic heterocycles. The van der Waals surface area contributed by atoms with Gasteiger partial charge in [-0.05, 0) is 50.2 Å². The largest absolute Gasteiger partial charge is 0.342 e. The molecule has 2 aromatic carbocycles. The Labute approximate surface area is 177 Å². The van der Waals surface area contributed by atoms with Gasteiger partial charge in [0.05, 0.1) is 17.0 Å². The van der Waals surface area contributed by atoms with Crippen LogP contribution in [0.15, 0.2) is 59.4 Å². The zero-order valence-corrected chi connectivity index (χ0v) is 17.8. The molecule has 3 aromatic rings. The normalized spacial score (nSPS) is 16.0. The quantitative estimate of drug-likeness (QED) is 0.649. The highest BCUT2D eigenvalue weighted by atomic mass is 16.2. The van der Waals surface area contributed by atoms with Crippen LogP contribution in [0.25, 0.3) is 10.8 Å². The van der Waals surface area contributed by atoms with Gasteiger partial charge in [0.15, 0.2) is 0 Å². The summed E-state index contributed by atoms with van der Waals surface area (Å²) in [5, 5.41) is 5.84. The lowest BCUT2D eigenvalue weighted by Gasteiger charge is -2.33. The molecule has 5 nitrogen and oxygen atoms in total. The van der Waals surface area contributed by atoms with E-state index in [0.29, 0.717) is 17.0 Å². The maximum absolute atomic E-state index is 13.2. The molecular weight excluding hydrogens is 374 g/mol. The second kappa shape index (κ2) is 8.82. The Morgan fingerprint density at radius 1 is 1.03 bits per heavy atom. The molecule has 2 heterocycles. The molecule has 0 bridgehead atoms. The van der Waals surface area contributed by atoms with Crippen molar-refractivity contribution in [1.29, 1.82) is 0 Å². The number of nitrogens with zero attached hydrogens (tertiary/aromatic N) is 3. The first-order valence-electron chi connectivity index (χ1n) is 10.8. The Kier molecular flexibility index (Phi) is 5.98. The third kappa shape index (κ3) is 4.16. The minimum Gasteiger partial charge on any atom is -0.342 e. The van der Waals surface area contributed by atoms with E-state index >= 15 is 0 Å². The predicted molar refractivity (Wildman–Crippen MR) is 119 cm³/mol. The molecular formula is C25H29N3O2. The van der Waals surface area contributed by atoms with Crippen LogP contribution in [-0.4, -0.2) is 33.7 Å². The molecule has 0 N–H and O–H groups in total. The summed E-state index contributed by atoms with van der Waals surface area (Å²) in [6, 6.07) is 18.0. The van der Waals surface area contributed by atoms with Crippen LogP contribution in [-0.2, 0) is 18.3 Å². The smallest absolute Gasteiger partial charge is 0.274 e. The molecule has 0 spiro atoms. The van der Waals surface area contributed by atoms with E-state index in [2.05, 4.69) is 35.4 Å². The second-order valence-electron chi connectivity index (χ2n) is 8.37. The number of rotatable bonds is 5. The Hall–Kier alpha value is -2.95. The number of likely N-dealkylation sites (tertiary alicyclic amines) is 1. The van der Waals surface area contributed by atoms with Crippen molar-refractivity contribution in [1.82, 2.24) is 14.7 Å². The third-order valence-corrected chi connectivity index (χ3v) is 6.38. The van der Waals surface area contributed by atoms with Gasteiger partial charge in [0.2, 0.25) is 5.91 Å². The van der Waals surface area contributed by atoms with Gasteiger partial charge in [-0.3, -0.25) is 9.59 Å². The Morgan fingerprint density at radius 2 is 1.67 bits per heavy atom. The molecule has 30 heavy (non-hydrogen) atoms. The van der Waals surface area contributed by atoms with Gasteiger partial charge in [-0.25, -0.2) is 4.68 Å². The van der Waals surface area contributed by atoms with Crippen LogP contribution in [0.4, 0.5) is 0 Å². The van der Waals surface area contributed by atoms with Crippen LogP contribution in [0, 0.1) is 5.92 Å². The zero-order valence-electron chi connectivity index (χ0n) is 17.8. The zero-order chi connectivity index (χ0) is 21.1. The molecule has 1 saturated heterocycles. The molecule has 0 saturated carbocycles. The number of amides is 1. The summed E-state index contributed by atoms with van der Waals surface area (Å²) in [4.78, 5) is 27.6. The van der Waals surface area contributed by atoms with Gasteiger partial charge < -0.3 is 4.90 Å². The first-order chi connectivity index (χ1) is 14.5. The van der Waals surface area contributed by atoms with Crippen molar-refractivity contribution in [2.24, 2.45) is 13.0 Å². The molecule has 0 aliphatic carbocycles. The molecule has 1 aliphatic rings. The number of fused-ring (bicyclic) bond motifs is 1. The van der Waals surface area contributed by atoms with Crippen LogP contribution in [0.5, 0.6) is 0 Å². The predicted octanol–water partition coefficient (Wildman–Crippen LogP) is 3.91. The Bertz CT molecular complexity index is 1080. The fourth-order valence-corrected chi connectivity index (χ4v) is 4.50. The van der Waals surface area contributed by atoms with Gasteiger partial charge in [0, 0.05) is 25.5 Å². The van der Waals surface area contributed by atoms with Crippen molar-refractivity contribution < 1.29 is 4.79 Å². The lowest BCUT2D eigenvalue weighted by atomic mass is 9.89. The van der Waals surface area contributed by atoms with E-state index in [4.69, 9.17) is 0 Å². The molecule has 1 unspecified atom stereocenters. The highest BCUT2D eigenvalue weighted by molar-refractivity contribution is 5.91. The standard InChI is InChI=1S/C25H29N3O2/c1-18(23-21-10-6-7-11-22(21)25(30)27(2)26-23)24(29)28-16-14-20(15-17-28)13-12-19-8-4-3-5-9-19/h3-11,18,20H,12-17H2,1-2H3. The lowest BCUT2D eigenvalue weighted by molar-refractivity contribution is -0.133. The first-order valence-corrected chi connectivity index (χ1v) is 10.8. The van der Waals surface area contributed by atoms with Crippen LogP contribution >= 0.6 is 0 Å². The molecule has 5 heteroatoms. The van der Waals surface area contributed by atoms with Gasteiger partial charge in [-0.2, -0.15) is 5.10 Å². The van der Waals surface area contributed by atoms with Gasteiger partial charge >= 0.3 is 0 Å². The van der Waals surface area contributed by atoms with Gasteiger partial charge in [-0.1, -0.05) is 48.5 Å². The number of aromatic nitrogens is 2. The molecule has 1 amide bonds. The molecule has 1 fully saturated rings. The molecule has 4 rings (SSSR count). The van der Waals surface area contributed by atoms with Crippen molar-refractivity contribution in [2.45, 2.75) is 38.5 Å². The van der Waals surface area contributed by atoms with E-state index in [1.807, 2.05) is 30.0 Å². The highest BCUT2D eigenvalue weighted by Crippen LogP contribution is 2.27. The van der Waals surface area contributed by atoms with E-state index in [1.54, 1.807) is 13.1 Å². The first kappa shape index (κ1) is 20.3. The number of hydrogen-bond donors (Lipinski definition) is 0. The number of carbonyl (C=O) groups excluding carboxylic acids is 1. The second-order valence-corrected chi connectivity index (χ2v) is 8.37. The van der Waals surface area contributed by atoms with Crippen molar-refractivity contribution in [3.8, 4) is 0 Å². The molecule has 1 atom stereocenters. The van der Waals surface area contributed by atoms with E-state index in [9.17, 15) is 9.59 Å². The van der Waals surface area contributed by atoms with Crippen LogP contribution in [0.2, 0.25) is 0 Å². The molecule has 156 valence electrons. The maximum Gasteiger partial charge on any atom is 0.274 e. The average molecular weight is 404 g/mol. The minimum atomic E-state index is -0.373. The lowest BCUT2D eigenvalue weighted by Crippen LogP contribution is -2.41. The third-order valence-electron chi connectivity index (χ3n) is 6.38. The van der Waals surface area contributed by atoms with Crippen LogP contribution in [0.3, 0.4) is 0 Å². The van der Waals surface area contributed by atoms with E-state index in [0.717, 1.165) is 37.7 Å². The summed E-state index contributed by atoms with van der Waals surface area (Å²) < 4.78 is 1.34. The Balaban J connectivity index is 1.42. The van der Waals surface area contributed by atoms with Gasteiger partial charge in [-0.15, -0.1) is 0 Å². The monoisotopic (exact) mass is 403 g/mol. The fourth-order valence-electron chi connectivity index (χ4n) is 4.50. The fraction of sp³-hybridized carbons (Fsp3) is 0.400. The van der Waals surface area contributed by atoms with E-state index < -0.39 is 0 Å². The summed E-state index contributed by atoms with van der Waals surface area (Å²) in [6.07, 6.45) is 4.37. The summed E-state index contributed by atoms with van der Waals surface area (Å²) in [7, 11) is 1.65. The van der Waals surface area contributed by atoms with Crippen molar-refractivity contribution in [3.05, 3.63) is 76.2 Å². The topological polar surface area (TPSA) is 55.2 Å². The highest BCUT2D eigenvalue weighted by Gasteiger charge is 2.29.